The van der Waals surface area contributed by atoms with Gasteiger partial charge in [0.1, 0.15) is 17.0 Å². The van der Waals surface area contributed by atoms with E-state index in [1.807, 2.05) is 29.2 Å². The third kappa shape index (κ3) is 3.47. The van der Waals surface area contributed by atoms with Gasteiger partial charge in [0.15, 0.2) is 5.58 Å². The molecule has 0 radical (unpaired) electrons. The van der Waals surface area contributed by atoms with Crippen LogP contribution in [0.5, 0.6) is 0 Å². The molecular weight excluding hydrogens is 372 g/mol. The van der Waals surface area contributed by atoms with E-state index in [1.54, 1.807) is 0 Å². The fourth-order valence-electron chi connectivity index (χ4n) is 4.22. The summed E-state index contributed by atoms with van der Waals surface area (Å²) in [5, 5.41) is 12.0. The van der Waals surface area contributed by atoms with Crippen LogP contribution in [0, 0.1) is 0 Å². The molecule has 8 heteroatoms. The SMILES string of the molecule is O=C(NC1CCC1)C1=NOC2(CCN(C(=O)Cc3noc4ccccc34)CC2)C1. The third-order valence-electron chi connectivity index (χ3n) is 6.34. The molecule has 1 N–H and O–H groups in total. The smallest absolute Gasteiger partial charge is 0.269 e. The van der Waals surface area contributed by atoms with Crippen LogP contribution in [0.3, 0.4) is 0 Å². The average molecular weight is 396 g/mol. The van der Waals surface area contributed by atoms with Crippen molar-refractivity contribution in [3.05, 3.63) is 30.0 Å². The minimum Gasteiger partial charge on any atom is -0.388 e. The zero-order valence-corrected chi connectivity index (χ0v) is 16.2. The summed E-state index contributed by atoms with van der Waals surface area (Å²) in [6.07, 6.45) is 5.33. The number of para-hydroxylation sites is 1. The van der Waals surface area contributed by atoms with E-state index in [1.165, 1.54) is 6.42 Å². The van der Waals surface area contributed by atoms with E-state index in [2.05, 4.69) is 15.6 Å². The molecule has 1 saturated heterocycles. The van der Waals surface area contributed by atoms with Crippen LogP contribution in [0.15, 0.2) is 33.9 Å². The van der Waals surface area contributed by atoms with Gasteiger partial charge in [0.05, 0.1) is 6.42 Å². The van der Waals surface area contributed by atoms with E-state index in [0.717, 1.165) is 18.2 Å². The Morgan fingerprint density at radius 2 is 2.00 bits per heavy atom. The third-order valence-corrected chi connectivity index (χ3v) is 6.34. The summed E-state index contributed by atoms with van der Waals surface area (Å²) < 4.78 is 5.29. The first-order chi connectivity index (χ1) is 14.1. The number of amides is 2. The van der Waals surface area contributed by atoms with Crippen molar-refractivity contribution in [1.82, 2.24) is 15.4 Å². The van der Waals surface area contributed by atoms with Crippen LogP contribution in [0.2, 0.25) is 0 Å². The molecule has 29 heavy (non-hydrogen) atoms. The van der Waals surface area contributed by atoms with Gasteiger partial charge in [0.25, 0.3) is 5.91 Å². The summed E-state index contributed by atoms with van der Waals surface area (Å²) >= 11 is 0. The molecule has 0 bridgehead atoms. The molecule has 2 aliphatic heterocycles. The van der Waals surface area contributed by atoms with Crippen molar-refractivity contribution in [2.75, 3.05) is 13.1 Å². The zero-order chi connectivity index (χ0) is 19.8. The topological polar surface area (TPSA) is 97.0 Å². The van der Waals surface area contributed by atoms with E-state index < -0.39 is 5.60 Å². The molecule has 0 unspecified atom stereocenters. The van der Waals surface area contributed by atoms with Crippen LogP contribution in [-0.4, -0.2) is 52.3 Å². The van der Waals surface area contributed by atoms with Gasteiger partial charge in [-0.15, -0.1) is 0 Å². The molecule has 8 nitrogen and oxygen atoms in total. The van der Waals surface area contributed by atoms with Crippen LogP contribution < -0.4 is 5.32 Å². The number of likely N-dealkylation sites (tertiary alicyclic amines) is 1. The van der Waals surface area contributed by atoms with Crippen molar-refractivity contribution in [2.24, 2.45) is 5.16 Å². The molecule has 3 aliphatic rings. The highest BCUT2D eigenvalue weighted by molar-refractivity contribution is 6.39. The predicted octanol–water partition coefficient (Wildman–Crippen LogP) is 2.18. The van der Waals surface area contributed by atoms with Gasteiger partial charge in [0, 0.05) is 43.8 Å². The minimum absolute atomic E-state index is 0.0285. The number of nitrogens with zero attached hydrogens (tertiary/aromatic N) is 3. The van der Waals surface area contributed by atoms with Crippen LogP contribution in [0.4, 0.5) is 0 Å². The number of aromatic nitrogens is 1. The van der Waals surface area contributed by atoms with Gasteiger partial charge in [-0.1, -0.05) is 22.4 Å². The lowest BCUT2D eigenvalue weighted by molar-refractivity contribution is -0.136. The Morgan fingerprint density at radius 3 is 2.76 bits per heavy atom. The fraction of sp³-hybridized carbons (Fsp3) is 0.524. The number of carbonyl (C=O) groups excluding carboxylic acids is 2. The Hall–Kier alpha value is -2.90. The van der Waals surface area contributed by atoms with E-state index in [0.29, 0.717) is 49.3 Å². The molecule has 1 aromatic carbocycles. The van der Waals surface area contributed by atoms with Crippen LogP contribution in [-0.2, 0) is 20.8 Å². The van der Waals surface area contributed by atoms with Crippen molar-refractivity contribution in [2.45, 2.75) is 56.6 Å². The van der Waals surface area contributed by atoms with E-state index in [4.69, 9.17) is 9.36 Å². The molecule has 2 fully saturated rings. The van der Waals surface area contributed by atoms with Crippen molar-refractivity contribution in [1.29, 1.82) is 0 Å². The molecule has 2 amide bonds. The Kier molecular flexibility index (Phi) is 4.49. The molecule has 1 aromatic heterocycles. The first-order valence-electron chi connectivity index (χ1n) is 10.3. The van der Waals surface area contributed by atoms with Gasteiger partial charge in [-0.25, -0.2) is 0 Å². The lowest BCUT2D eigenvalue weighted by Crippen LogP contribution is -2.48. The van der Waals surface area contributed by atoms with Gasteiger partial charge in [0.2, 0.25) is 5.91 Å². The summed E-state index contributed by atoms with van der Waals surface area (Å²) in [6, 6.07) is 7.84. The second-order valence-corrected chi connectivity index (χ2v) is 8.27. The number of hydrogen-bond acceptors (Lipinski definition) is 6. The molecule has 0 atom stereocenters. The molecule has 1 saturated carbocycles. The summed E-state index contributed by atoms with van der Waals surface area (Å²) in [6.45, 7) is 1.17. The number of piperidine rings is 1. The van der Waals surface area contributed by atoms with Gasteiger partial charge in [-0.3, -0.25) is 9.59 Å². The number of benzene rings is 1. The molecule has 5 rings (SSSR count). The largest absolute Gasteiger partial charge is 0.388 e. The second-order valence-electron chi connectivity index (χ2n) is 8.27. The maximum atomic E-state index is 12.8. The second kappa shape index (κ2) is 7.17. The van der Waals surface area contributed by atoms with Gasteiger partial charge in [-0.2, -0.15) is 0 Å². The van der Waals surface area contributed by atoms with Crippen molar-refractivity contribution in [3.8, 4) is 0 Å². The first kappa shape index (κ1) is 18.1. The maximum Gasteiger partial charge on any atom is 0.269 e. The Bertz CT molecular complexity index is 970. The molecule has 2 aromatic rings. The number of rotatable bonds is 4. The monoisotopic (exact) mass is 396 g/mol. The van der Waals surface area contributed by atoms with E-state index in [9.17, 15) is 9.59 Å². The highest BCUT2D eigenvalue weighted by Crippen LogP contribution is 2.35. The molecular formula is C21H24N4O4. The van der Waals surface area contributed by atoms with E-state index in [-0.39, 0.29) is 24.3 Å². The standard InChI is InChI=1S/C21H24N4O4/c26-19(12-16-15-6-1-2-7-18(15)28-23-16)25-10-8-21(9-11-25)13-17(24-29-21)20(27)22-14-4-3-5-14/h1-2,6-7,14H,3-5,8-13H2,(H,22,27). The minimum atomic E-state index is -0.455. The summed E-state index contributed by atoms with van der Waals surface area (Å²) in [5.74, 6) is -0.0799. The Balaban J connectivity index is 1.15. The molecule has 1 spiro atoms. The van der Waals surface area contributed by atoms with Crippen molar-refractivity contribution in [3.63, 3.8) is 0 Å². The zero-order valence-electron chi connectivity index (χ0n) is 16.2. The summed E-state index contributed by atoms with van der Waals surface area (Å²) in [5.41, 5.74) is 1.38. The van der Waals surface area contributed by atoms with Crippen LogP contribution >= 0.6 is 0 Å². The van der Waals surface area contributed by atoms with Gasteiger partial charge in [-0.05, 0) is 31.4 Å². The number of hydrogen-bond donors (Lipinski definition) is 1. The highest BCUT2D eigenvalue weighted by Gasteiger charge is 2.44. The summed E-state index contributed by atoms with van der Waals surface area (Å²) in [7, 11) is 0. The lowest BCUT2D eigenvalue weighted by atomic mass is 9.86. The number of fused-ring (bicyclic) bond motifs is 1. The average Bonchev–Trinajstić information content (AvgIpc) is 3.30. The lowest BCUT2D eigenvalue weighted by Gasteiger charge is -2.37. The van der Waals surface area contributed by atoms with E-state index >= 15 is 0 Å². The molecule has 152 valence electrons. The molecule has 1 aliphatic carbocycles. The quantitative estimate of drug-likeness (QED) is 0.854. The normalized spacial score (nSPS) is 21.0. The number of oxime groups is 1. The Morgan fingerprint density at radius 1 is 1.21 bits per heavy atom. The first-order valence-corrected chi connectivity index (χ1v) is 10.3. The van der Waals surface area contributed by atoms with Crippen LogP contribution in [0.25, 0.3) is 11.0 Å². The highest BCUT2D eigenvalue weighted by atomic mass is 16.7. The van der Waals surface area contributed by atoms with Crippen molar-refractivity contribution < 1.29 is 18.9 Å². The van der Waals surface area contributed by atoms with Gasteiger partial charge < -0.3 is 19.6 Å². The predicted molar refractivity (Wildman–Crippen MR) is 105 cm³/mol. The molecule has 3 heterocycles. The number of carbonyl (C=O) groups is 2. The van der Waals surface area contributed by atoms with Crippen molar-refractivity contribution >= 4 is 28.5 Å². The number of nitrogens with one attached hydrogen (secondary N) is 1. The summed E-state index contributed by atoms with van der Waals surface area (Å²) in [4.78, 5) is 32.6. The van der Waals surface area contributed by atoms with Crippen LogP contribution in [0.1, 0.15) is 44.2 Å². The maximum absolute atomic E-state index is 12.8. The fourth-order valence-corrected chi connectivity index (χ4v) is 4.22. The Labute approximate surface area is 168 Å². The van der Waals surface area contributed by atoms with Gasteiger partial charge >= 0.3 is 0 Å².